The fraction of sp³-hybridized carbons (Fsp3) is 0.239. The first-order chi connectivity index (χ1) is 36.2. The van der Waals surface area contributed by atoms with Crippen LogP contribution in [0, 0.1) is 18.8 Å². The van der Waals surface area contributed by atoms with Crippen LogP contribution in [0.15, 0.2) is 194 Å². The van der Waals surface area contributed by atoms with E-state index < -0.39 is 5.41 Å². The summed E-state index contributed by atoms with van der Waals surface area (Å²) in [6.07, 6.45) is 1.92. The summed E-state index contributed by atoms with van der Waals surface area (Å²) in [6.45, 7) is 29.8. The van der Waals surface area contributed by atoms with Gasteiger partial charge in [-0.15, -0.1) is 53.6 Å². The van der Waals surface area contributed by atoms with E-state index in [-0.39, 0.29) is 42.7 Å². The maximum atomic E-state index is 7.09. The number of rotatable bonds is 11. The summed E-state index contributed by atoms with van der Waals surface area (Å²) in [4.78, 5) is 9.64. The smallest absolute Gasteiger partial charge is 0.135 e. The first kappa shape index (κ1) is 53.2. The van der Waals surface area contributed by atoms with E-state index in [1.165, 1.54) is 38.9 Å². The van der Waals surface area contributed by atoms with Crippen molar-refractivity contribution < 1.29 is 25.8 Å². The predicted octanol–water partition coefficient (Wildman–Crippen LogP) is 18.6. The van der Waals surface area contributed by atoms with Gasteiger partial charge in [0.25, 0.3) is 0 Å². The van der Waals surface area contributed by atoms with Crippen LogP contribution in [0.5, 0.6) is 11.5 Å². The Morgan fingerprint density at radius 2 is 0.948 bits per heavy atom. The number of hydrogen-bond donors (Lipinski definition) is 0. The maximum absolute atomic E-state index is 7.09. The summed E-state index contributed by atoms with van der Waals surface area (Å²) in [6, 6.07) is 75.8. The van der Waals surface area contributed by atoms with Crippen LogP contribution in [-0.4, -0.2) is 9.55 Å². The van der Waals surface area contributed by atoms with Gasteiger partial charge in [0, 0.05) is 72.2 Å². The Labute approximate surface area is 471 Å². The number of nitrogens with zero attached hydrogens (tertiary/aromatic N) is 4. The van der Waals surface area contributed by atoms with E-state index >= 15 is 0 Å². The molecule has 1 aliphatic heterocycles. The second kappa shape index (κ2) is 20.0. The van der Waals surface area contributed by atoms with E-state index in [0.717, 1.165) is 55.9 Å². The zero-order valence-electron chi connectivity index (χ0n) is 46.6. The third kappa shape index (κ3) is 9.93. The van der Waals surface area contributed by atoms with Crippen molar-refractivity contribution in [2.75, 3.05) is 9.80 Å². The molecular formula is C71H69N4OPt-3. The minimum atomic E-state index is -0.405. The molecule has 0 saturated carbocycles. The molecule has 1 aliphatic rings. The van der Waals surface area contributed by atoms with E-state index in [2.05, 4.69) is 298 Å². The molecule has 5 nitrogen and oxygen atoms in total. The molecule has 0 atom stereocenters. The third-order valence-corrected chi connectivity index (χ3v) is 16.1. The number of pyridine rings is 1. The van der Waals surface area contributed by atoms with Crippen LogP contribution >= 0.6 is 0 Å². The molecule has 392 valence electrons. The van der Waals surface area contributed by atoms with Crippen LogP contribution < -0.4 is 14.5 Å². The molecule has 0 spiro atoms. The molecule has 77 heavy (non-hydrogen) atoms. The third-order valence-electron chi connectivity index (χ3n) is 16.1. The van der Waals surface area contributed by atoms with E-state index in [1.54, 1.807) is 0 Å². The molecule has 0 unspecified atom stereocenters. The Morgan fingerprint density at radius 1 is 0.416 bits per heavy atom. The number of benzene rings is 8. The zero-order chi connectivity index (χ0) is 53.4. The molecule has 0 fully saturated rings. The van der Waals surface area contributed by atoms with Crippen molar-refractivity contribution in [3.63, 3.8) is 0 Å². The number of aromatic nitrogens is 2. The normalized spacial score (nSPS) is 13.2. The Balaban J connectivity index is 0.00000672. The number of fused-ring (bicyclic) bond motifs is 4. The van der Waals surface area contributed by atoms with E-state index in [0.29, 0.717) is 11.5 Å². The average Bonchev–Trinajstić information content (AvgIpc) is 3.98. The van der Waals surface area contributed by atoms with Crippen molar-refractivity contribution in [1.29, 1.82) is 0 Å². The van der Waals surface area contributed by atoms with E-state index in [9.17, 15) is 0 Å². The Bertz CT molecular complexity index is 3700. The van der Waals surface area contributed by atoms with Gasteiger partial charge in [0.2, 0.25) is 0 Å². The summed E-state index contributed by atoms with van der Waals surface area (Å²) < 4.78 is 9.31. The molecule has 11 rings (SSSR count). The summed E-state index contributed by atoms with van der Waals surface area (Å²) in [5, 5.41) is 2.22. The molecule has 2 aromatic heterocycles. The monoisotopic (exact) mass is 1190 g/mol. The van der Waals surface area contributed by atoms with Crippen molar-refractivity contribution in [1.82, 2.24) is 9.55 Å². The van der Waals surface area contributed by atoms with Crippen molar-refractivity contribution in [2.24, 2.45) is 0 Å². The topological polar surface area (TPSA) is 33.5 Å². The van der Waals surface area contributed by atoms with Crippen molar-refractivity contribution in [3.05, 3.63) is 258 Å². The van der Waals surface area contributed by atoms with Gasteiger partial charge in [-0.25, -0.2) is 4.98 Å². The van der Waals surface area contributed by atoms with Crippen LogP contribution in [0.4, 0.5) is 22.7 Å². The fourth-order valence-electron chi connectivity index (χ4n) is 10.9. The molecule has 0 aliphatic carbocycles. The Kier molecular flexibility index (Phi) is 13.8. The molecule has 0 N–H and O–H groups in total. The molecular weight excluding hydrogens is 1120 g/mol. The van der Waals surface area contributed by atoms with Crippen LogP contribution in [0.25, 0.3) is 27.6 Å². The molecule has 10 aromatic rings. The summed E-state index contributed by atoms with van der Waals surface area (Å²) in [7, 11) is 0. The number of para-hydroxylation sites is 1. The molecule has 0 amide bonds. The fourth-order valence-corrected chi connectivity index (χ4v) is 10.9. The van der Waals surface area contributed by atoms with E-state index in [1.807, 2.05) is 12.3 Å². The van der Waals surface area contributed by atoms with Crippen LogP contribution in [-0.2, 0) is 48.1 Å². The second-order valence-corrected chi connectivity index (χ2v) is 24.4. The van der Waals surface area contributed by atoms with E-state index in [4.69, 9.17) is 9.72 Å². The summed E-state index contributed by atoms with van der Waals surface area (Å²) in [5.74, 6) is 2.04. The van der Waals surface area contributed by atoms with Gasteiger partial charge < -0.3 is 19.1 Å². The standard InChI is InChI=1S/C71H69N4O.Pt/c1-67(2,3)51-32-35-63-65(43-51)74(47-73(63)56-39-53(69(7,8)48-24-16-13-17-25-48)38-54(40-56)70(9,10)49-26-18-14-19-27-49)57-41-55(71(11,12)50-28-20-15-21-29-50)42-59(45-57)76-58-33-34-61-60-30-22-23-31-62(60)75(64(61)46-58)66-44-52(36-37-72-66)68(4,5)6;/h13-44,47H,1-12H3;/q-3;. The average molecular weight is 1190 g/mol. The quantitative estimate of drug-likeness (QED) is 0.121. The molecule has 3 heterocycles. The van der Waals surface area contributed by atoms with Gasteiger partial charge in [-0.1, -0.05) is 210 Å². The number of hydrogen-bond acceptors (Lipinski definition) is 4. The van der Waals surface area contributed by atoms with Gasteiger partial charge in [-0.2, -0.15) is 6.07 Å². The summed E-state index contributed by atoms with van der Waals surface area (Å²) in [5.41, 5.74) is 14.7. The predicted molar refractivity (Wildman–Crippen MR) is 317 cm³/mol. The Hall–Kier alpha value is -7.20. The van der Waals surface area contributed by atoms with Gasteiger partial charge in [-0.3, -0.25) is 0 Å². The molecule has 6 heteroatoms. The van der Waals surface area contributed by atoms with Crippen LogP contribution in [0.1, 0.15) is 128 Å². The summed E-state index contributed by atoms with van der Waals surface area (Å²) >= 11 is 0. The minimum Gasteiger partial charge on any atom is -0.509 e. The zero-order valence-corrected chi connectivity index (χ0v) is 48.8. The SMILES string of the molecule is CC(C)(C)c1ccnc(-n2c3[c-]c(Oc4[c-]c(N5[CH-]N(c6cc(C(C)(C)c7ccccc7)cc(C(C)(C)c7ccccc7)c6)c6ccc(C(C)(C)C)cc65)cc(C(C)(C)c5ccccc5)c4)ccc3c3ccccc32)c1.[Pt]. The van der Waals surface area contributed by atoms with Crippen LogP contribution in [0.3, 0.4) is 0 Å². The van der Waals surface area contributed by atoms with Crippen LogP contribution in [0.2, 0.25) is 0 Å². The van der Waals surface area contributed by atoms with Gasteiger partial charge in [0.1, 0.15) is 5.82 Å². The molecule has 8 aromatic carbocycles. The van der Waals surface area contributed by atoms with Crippen molar-refractivity contribution >= 4 is 44.6 Å². The van der Waals surface area contributed by atoms with Gasteiger partial charge in [-0.05, 0) is 103 Å². The molecule has 0 saturated heterocycles. The molecule has 0 bridgehead atoms. The van der Waals surface area contributed by atoms with Crippen molar-refractivity contribution in [3.8, 4) is 17.3 Å². The van der Waals surface area contributed by atoms with Gasteiger partial charge >= 0.3 is 0 Å². The van der Waals surface area contributed by atoms with Gasteiger partial charge in [0.15, 0.2) is 0 Å². The first-order valence-electron chi connectivity index (χ1n) is 26.8. The Morgan fingerprint density at radius 3 is 1.52 bits per heavy atom. The first-order valence-corrected chi connectivity index (χ1v) is 26.8. The van der Waals surface area contributed by atoms with Gasteiger partial charge in [0.05, 0.1) is 0 Å². The maximum Gasteiger partial charge on any atom is 0.135 e. The number of anilines is 4. The molecule has 0 radical (unpaired) electrons. The number of ether oxygens (including phenoxy) is 1. The minimum absolute atomic E-state index is 0. The van der Waals surface area contributed by atoms with Crippen molar-refractivity contribution in [2.45, 2.75) is 110 Å². The largest absolute Gasteiger partial charge is 0.509 e. The second-order valence-electron chi connectivity index (χ2n) is 24.4.